The molecule has 124 valence electrons. The number of anilines is 1. The van der Waals surface area contributed by atoms with Crippen LogP contribution in [0, 0.1) is 0 Å². The molecule has 1 fully saturated rings. The van der Waals surface area contributed by atoms with E-state index < -0.39 is 6.04 Å². The van der Waals surface area contributed by atoms with Gasteiger partial charge < -0.3 is 4.90 Å². The van der Waals surface area contributed by atoms with Crippen molar-refractivity contribution in [2.75, 3.05) is 4.90 Å². The summed E-state index contributed by atoms with van der Waals surface area (Å²) in [6, 6.07) is 9.51. The maximum Gasteiger partial charge on any atom is 0.257 e. The second kappa shape index (κ2) is 6.75. The standard InChI is InChI=1S/C17H15ClN2O3S/c1-11(21)19(10-14-3-2-8-24-14)15-9-16(22)20(17(15)23)13-6-4-12(18)5-7-13/h2-8,15H,9-10H2,1H3. The van der Waals surface area contributed by atoms with Crippen molar-refractivity contribution in [1.29, 1.82) is 0 Å². The van der Waals surface area contributed by atoms with Crippen LogP contribution in [0.2, 0.25) is 5.02 Å². The van der Waals surface area contributed by atoms with Crippen molar-refractivity contribution in [3.8, 4) is 0 Å². The molecule has 1 aliphatic rings. The molecule has 5 nitrogen and oxygen atoms in total. The van der Waals surface area contributed by atoms with Crippen molar-refractivity contribution in [2.45, 2.75) is 25.9 Å². The van der Waals surface area contributed by atoms with Crippen LogP contribution in [0.5, 0.6) is 0 Å². The Bertz CT molecular complexity index is 774. The van der Waals surface area contributed by atoms with Crippen LogP contribution in [0.3, 0.4) is 0 Å². The number of hydrogen-bond acceptors (Lipinski definition) is 4. The third-order valence-electron chi connectivity index (χ3n) is 3.89. The van der Waals surface area contributed by atoms with Crippen molar-refractivity contribution in [3.63, 3.8) is 0 Å². The number of halogens is 1. The van der Waals surface area contributed by atoms with Crippen molar-refractivity contribution in [3.05, 3.63) is 51.7 Å². The van der Waals surface area contributed by atoms with Crippen molar-refractivity contribution in [2.24, 2.45) is 0 Å². The molecule has 3 rings (SSSR count). The molecule has 7 heteroatoms. The molecule has 1 aromatic heterocycles. The average molecular weight is 363 g/mol. The van der Waals surface area contributed by atoms with Gasteiger partial charge in [0.15, 0.2) is 0 Å². The molecule has 0 bridgehead atoms. The highest BCUT2D eigenvalue weighted by molar-refractivity contribution is 7.09. The smallest absolute Gasteiger partial charge is 0.257 e. The molecule has 1 atom stereocenters. The number of thiophene rings is 1. The van der Waals surface area contributed by atoms with E-state index in [0.29, 0.717) is 17.3 Å². The third kappa shape index (κ3) is 3.20. The van der Waals surface area contributed by atoms with Gasteiger partial charge in [-0.05, 0) is 35.7 Å². The van der Waals surface area contributed by atoms with Gasteiger partial charge in [0.05, 0.1) is 18.7 Å². The van der Waals surface area contributed by atoms with Gasteiger partial charge in [0, 0.05) is 16.8 Å². The SMILES string of the molecule is CC(=O)N(Cc1cccs1)C1CC(=O)N(c2ccc(Cl)cc2)C1=O. The van der Waals surface area contributed by atoms with Crippen molar-refractivity contribution >= 4 is 46.3 Å². The van der Waals surface area contributed by atoms with E-state index in [0.717, 1.165) is 9.78 Å². The molecular formula is C17H15ClN2O3S. The zero-order valence-electron chi connectivity index (χ0n) is 12.9. The van der Waals surface area contributed by atoms with Crippen LogP contribution >= 0.6 is 22.9 Å². The minimum atomic E-state index is -0.771. The summed E-state index contributed by atoms with van der Waals surface area (Å²) >= 11 is 7.36. The lowest BCUT2D eigenvalue weighted by Crippen LogP contribution is -2.44. The number of carbonyl (C=O) groups is 3. The summed E-state index contributed by atoms with van der Waals surface area (Å²) in [5, 5.41) is 2.44. The van der Waals surface area contributed by atoms with Crippen LogP contribution in [0.1, 0.15) is 18.2 Å². The van der Waals surface area contributed by atoms with Gasteiger partial charge in [-0.1, -0.05) is 17.7 Å². The molecule has 1 aromatic carbocycles. The minimum Gasteiger partial charge on any atom is -0.325 e. The second-order valence-electron chi connectivity index (χ2n) is 5.49. The summed E-state index contributed by atoms with van der Waals surface area (Å²) < 4.78 is 0. The predicted octanol–water partition coefficient (Wildman–Crippen LogP) is 3.08. The number of nitrogens with zero attached hydrogens (tertiary/aromatic N) is 2. The Labute approximate surface area is 148 Å². The van der Waals surface area contributed by atoms with Crippen molar-refractivity contribution < 1.29 is 14.4 Å². The summed E-state index contributed by atoms with van der Waals surface area (Å²) in [7, 11) is 0. The van der Waals surface area contributed by atoms with Gasteiger partial charge in [-0.15, -0.1) is 11.3 Å². The van der Waals surface area contributed by atoms with E-state index in [4.69, 9.17) is 11.6 Å². The Morgan fingerprint density at radius 3 is 2.58 bits per heavy atom. The average Bonchev–Trinajstić information content (AvgIpc) is 3.14. The fraction of sp³-hybridized carbons (Fsp3) is 0.235. The lowest BCUT2D eigenvalue weighted by Gasteiger charge is -2.26. The Morgan fingerprint density at radius 1 is 1.29 bits per heavy atom. The molecule has 1 unspecified atom stereocenters. The summed E-state index contributed by atoms with van der Waals surface area (Å²) in [5.41, 5.74) is 0.469. The van der Waals surface area contributed by atoms with E-state index in [-0.39, 0.29) is 24.1 Å². The molecular weight excluding hydrogens is 348 g/mol. The number of imide groups is 1. The zero-order chi connectivity index (χ0) is 17.3. The Balaban J connectivity index is 1.86. The molecule has 24 heavy (non-hydrogen) atoms. The molecule has 0 radical (unpaired) electrons. The maximum absolute atomic E-state index is 12.8. The van der Waals surface area contributed by atoms with Crippen LogP contribution in [-0.2, 0) is 20.9 Å². The van der Waals surface area contributed by atoms with Crippen LogP contribution < -0.4 is 4.90 Å². The lowest BCUT2D eigenvalue weighted by atomic mass is 10.2. The van der Waals surface area contributed by atoms with Gasteiger partial charge in [-0.3, -0.25) is 14.4 Å². The number of rotatable bonds is 4. The van der Waals surface area contributed by atoms with Gasteiger partial charge in [0.1, 0.15) is 6.04 Å². The van der Waals surface area contributed by atoms with E-state index in [2.05, 4.69) is 0 Å². The normalized spacial score (nSPS) is 17.4. The van der Waals surface area contributed by atoms with E-state index in [1.54, 1.807) is 24.3 Å². The van der Waals surface area contributed by atoms with Gasteiger partial charge in [-0.2, -0.15) is 0 Å². The number of carbonyl (C=O) groups excluding carboxylic acids is 3. The molecule has 0 saturated carbocycles. The van der Waals surface area contributed by atoms with Crippen LogP contribution in [0.25, 0.3) is 0 Å². The van der Waals surface area contributed by atoms with Crippen LogP contribution in [-0.4, -0.2) is 28.7 Å². The maximum atomic E-state index is 12.8. The fourth-order valence-electron chi connectivity index (χ4n) is 2.73. The lowest BCUT2D eigenvalue weighted by molar-refractivity contribution is -0.137. The van der Waals surface area contributed by atoms with Gasteiger partial charge >= 0.3 is 0 Å². The first-order valence-corrected chi connectivity index (χ1v) is 8.65. The summed E-state index contributed by atoms with van der Waals surface area (Å²) in [6.45, 7) is 1.74. The van der Waals surface area contributed by atoms with Gasteiger partial charge in [-0.25, -0.2) is 4.90 Å². The highest BCUT2D eigenvalue weighted by Crippen LogP contribution is 2.28. The molecule has 3 amide bonds. The minimum absolute atomic E-state index is 0.00752. The quantitative estimate of drug-likeness (QED) is 0.785. The first-order valence-electron chi connectivity index (χ1n) is 7.39. The number of amides is 3. The summed E-state index contributed by atoms with van der Waals surface area (Å²) in [4.78, 5) is 40.7. The van der Waals surface area contributed by atoms with Gasteiger partial charge in [0.2, 0.25) is 11.8 Å². The Morgan fingerprint density at radius 2 is 2.00 bits per heavy atom. The number of hydrogen-bond donors (Lipinski definition) is 0. The predicted molar refractivity (Wildman–Crippen MR) is 92.9 cm³/mol. The van der Waals surface area contributed by atoms with E-state index in [1.807, 2.05) is 17.5 Å². The molecule has 2 heterocycles. The monoisotopic (exact) mass is 362 g/mol. The molecule has 0 aliphatic carbocycles. The third-order valence-corrected chi connectivity index (χ3v) is 5.01. The van der Waals surface area contributed by atoms with E-state index >= 15 is 0 Å². The molecule has 0 N–H and O–H groups in total. The second-order valence-corrected chi connectivity index (χ2v) is 6.96. The molecule has 1 saturated heterocycles. The van der Waals surface area contributed by atoms with Crippen LogP contribution in [0.4, 0.5) is 5.69 Å². The van der Waals surface area contributed by atoms with E-state index in [9.17, 15) is 14.4 Å². The van der Waals surface area contributed by atoms with Gasteiger partial charge in [0.25, 0.3) is 5.91 Å². The largest absolute Gasteiger partial charge is 0.325 e. The van der Waals surface area contributed by atoms with Crippen LogP contribution in [0.15, 0.2) is 41.8 Å². The molecule has 2 aromatic rings. The zero-order valence-corrected chi connectivity index (χ0v) is 14.5. The highest BCUT2D eigenvalue weighted by atomic mass is 35.5. The van der Waals surface area contributed by atoms with Crippen molar-refractivity contribution in [1.82, 2.24) is 4.90 Å². The Kier molecular flexibility index (Phi) is 4.69. The summed E-state index contributed by atoms with van der Waals surface area (Å²) in [6.07, 6.45) is -0.00752. The number of benzene rings is 1. The molecule has 0 spiro atoms. The Hall–Kier alpha value is -2.18. The fourth-order valence-corrected chi connectivity index (χ4v) is 3.56. The first-order chi connectivity index (χ1) is 11.5. The topological polar surface area (TPSA) is 57.7 Å². The van der Waals surface area contributed by atoms with E-state index in [1.165, 1.54) is 23.2 Å². The summed E-state index contributed by atoms with van der Waals surface area (Å²) in [5.74, 6) is -0.925. The first kappa shape index (κ1) is 16.7. The molecule has 1 aliphatic heterocycles. The highest BCUT2D eigenvalue weighted by Gasteiger charge is 2.43.